The number of nitrogens with two attached hydrogens (primary N) is 1. The number of rotatable bonds is 1. The van der Waals surface area contributed by atoms with E-state index in [0.29, 0.717) is 6.54 Å². The van der Waals surface area contributed by atoms with Crippen molar-refractivity contribution in [1.29, 1.82) is 0 Å². The molecule has 0 aliphatic carbocycles. The van der Waals surface area contributed by atoms with Crippen molar-refractivity contribution in [2.24, 2.45) is 15.8 Å². The van der Waals surface area contributed by atoms with Gasteiger partial charge in [0.25, 0.3) is 0 Å². The molecule has 1 aliphatic rings. The summed E-state index contributed by atoms with van der Waals surface area (Å²) in [4.78, 5) is 8.34. The lowest BCUT2D eigenvalue weighted by Crippen LogP contribution is -2.28. The number of para-hydroxylation sites is 1. The first-order chi connectivity index (χ1) is 6.34. The Hall–Kier alpha value is -1.68. The van der Waals surface area contributed by atoms with Crippen LogP contribution >= 0.6 is 0 Å². The molecule has 0 fully saturated rings. The van der Waals surface area contributed by atoms with E-state index in [9.17, 15) is 0 Å². The first kappa shape index (κ1) is 7.94. The first-order valence-electron chi connectivity index (χ1n) is 4.03. The van der Waals surface area contributed by atoms with Crippen LogP contribution in [0.1, 0.15) is 0 Å². The Kier molecular flexibility index (Phi) is 2.06. The summed E-state index contributed by atoms with van der Waals surface area (Å²) in [6, 6.07) is 9.71. The molecule has 1 heterocycles. The summed E-state index contributed by atoms with van der Waals surface area (Å²) in [5, 5.41) is 1.50. The molecular weight excluding hydrogens is 164 g/mol. The zero-order chi connectivity index (χ0) is 9.10. The maximum atomic E-state index is 5.48. The van der Waals surface area contributed by atoms with Crippen LogP contribution in [0.25, 0.3) is 0 Å². The Morgan fingerprint density at radius 2 is 2.08 bits per heavy atom. The van der Waals surface area contributed by atoms with E-state index in [4.69, 9.17) is 5.84 Å². The summed E-state index contributed by atoms with van der Waals surface area (Å²) in [7, 11) is 0. The standard InChI is InChI=1S/C9H10N4/c10-13-6-9(11-7-13)12-8-4-2-1-3-5-8/h1-5,7H,6,10H2. The van der Waals surface area contributed by atoms with Gasteiger partial charge in [-0.2, -0.15) is 0 Å². The van der Waals surface area contributed by atoms with Gasteiger partial charge >= 0.3 is 0 Å². The van der Waals surface area contributed by atoms with Crippen LogP contribution in [0.15, 0.2) is 40.3 Å². The summed E-state index contributed by atoms with van der Waals surface area (Å²) in [5.74, 6) is 6.23. The highest BCUT2D eigenvalue weighted by molar-refractivity contribution is 5.97. The molecule has 1 aliphatic heterocycles. The second-order valence-corrected chi connectivity index (χ2v) is 2.78. The van der Waals surface area contributed by atoms with Gasteiger partial charge in [0.2, 0.25) is 0 Å². The summed E-state index contributed by atoms with van der Waals surface area (Å²) < 4.78 is 0. The lowest BCUT2D eigenvalue weighted by Gasteiger charge is -2.01. The largest absolute Gasteiger partial charge is 0.293 e. The Balaban J connectivity index is 2.18. The maximum Gasteiger partial charge on any atom is 0.151 e. The van der Waals surface area contributed by atoms with Gasteiger partial charge in [0.1, 0.15) is 6.34 Å². The smallest absolute Gasteiger partial charge is 0.151 e. The SMILES string of the molecule is NN1C=NC(=Nc2ccccc2)C1. The predicted molar refractivity (Wildman–Crippen MR) is 52.9 cm³/mol. The molecular formula is C9H10N4. The van der Waals surface area contributed by atoms with Crippen LogP contribution in [0, 0.1) is 0 Å². The highest BCUT2D eigenvalue weighted by Gasteiger charge is 2.07. The van der Waals surface area contributed by atoms with Crippen LogP contribution in [0.5, 0.6) is 0 Å². The van der Waals surface area contributed by atoms with Crippen molar-refractivity contribution in [2.75, 3.05) is 6.54 Å². The summed E-state index contributed by atoms with van der Waals surface area (Å²) in [6.07, 6.45) is 1.57. The minimum Gasteiger partial charge on any atom is -0.293 e. The molecule has 13 heavy (non-hydrogen) atoms. The third-order valence-electron chi connectivity index (χ3n) is 1.69. The van der Waals surface area contributed by atoms with E-state index in [0.717, 1.165) is 11.5 Å². The van der Waals surface area contributed by atoms with E-state index in [1.54, 1.807) is 6.34 Å². The lowest BCUT2D eigenvalue weighted by atomic mass is 10.3. The van der Waals surface area contributed by atoms with E-state index in [1.165, 1.54) is 5.01 Å². The number of hydrogen-bond acceptors (Lipinski definition) is 3. The van der Waals surface area contributed by atoms with Crippen LogP contribution in [-0.2, 0) is 0 Å². The monoisotopic (exact) mass is 174 g/mol. The molecule has 0 amide bonds. The number of nitrogens with zero attached hydrogens (tertiary/aromatic N) is 3. The third kappa shape index (κ3) is 1.91. The van der Waals surface area contributed by atoms with Gasteiger partial charge in [-0.05, 0) is 12.1 Å². The molecule has 0 aromatic heterocycles. The minimum atomic E-state index is 0.578. The molecule has 0 saturated carbocycles. The van der Waals surface area contributed by atoms with Gasteiger partial charge in [0.05, 0.1) is 12.2 Å². The minimum absolute atomic E-state index is 0.578. The number of hydrazine groups is 1. The first-order valence-corrected chi connectivity index (χ1v) is 4.03. The van der Waals surface area contributed by atoms with E-state index >= 15 is 0 Å². The Bertz CT molecular complexity index is 342. The van der Waals surface area contributed by atoms with Crippen molar-refractivity contribution in [3.05, 3.63) is 30.3 Å². The summed E-state index contributed by atoms with van der Waals surface area (Å²) in [6.45, 7) is 0.578. The third-order valence-corrected chi connectivity index (χ3v) is 1.69. The second-order valence-electron chi connectivity index (χ2n) is 2.78. The molecule has 66 valence electrons. The van der Waals surface area contributed by atoms with Gasteiger partial charge < -0.3 is 0 Å². The van der Waals surface area contributed by atoms with Gasteiger partial charge in [0.15, 0.2) is 5.84 Å². The van der Waals surface area contributed by atoms with Gasteiger partial charge in [-0.25, -0.2) is 15.8 Å². The average Bonchev–Trinajstić information content (AvgIpc) is 2.53. The Labute approximate surface area is 76.4 Å². The molecule has 0 spiro atoms. The highest BCUT2D eigenvalue weighted by atomic mass is 15.4. The van der Waals surface area contributed by atoms with Crippen LogP contribution in [0.4, 0.5) is 5.69 Å². The molecule has 0 bridgehead atoms. The zero-order valence-corrected chi connectivity index (χ0v) is 7.09. The molecule has 0 saturated heterocycles. The molecule has 4 heteroatoms. The second kappa shape index (κ2) is 3.37. The van der Waals surface area contributed by atoms with Gasteiger partial charge in [-0.1, -0.05) is 18.2 Å². The molecule has 4 nitrogen and oxygen atoms in total. The number of benzene rings is 1. The van der Waals surface area contributed by atoms with Crippen molar-refractivity contribution in [3.8, 4) is 0 Å². The highest BCUT2D eigenvalue weighted by Crippen LogP contribution is 2.11. The van der Waals surface area contributed by atoms with Crippen molar-refractivity contribution in [1.82, 2.24) is 5.01 Å². The Morgan fingerprint density at radius 1 is 1.31 bits per heavy atom. The van der Waals surface area contributed by atoms with Crippen LogP contribution in [-0.4, -0.2) is 23.7 Å². The summed E-state index contributed by atoms with van der Waals surface area (Å²) in [5.41, 5.74) is 0.907. The quantitative estimate of drug-likeness (QED) is 0.644. The fourth-order valence-corrected chi connectivity index (χ4v) is 1.10. The van der Waals surface area contributed by atoms with Gasteiger partial charge in [0, 0.05) is 0 Å². The van der Waals surface area contributed by atoms with E-state index < -0.39 is 0 Å². The fraction of sp³-hybridized carbons (Fsp3) is 0.111. The van der Waals surface area contributed by atoms with Gasteiger partial charge in [-0.3, -0.25) is 5.01 Å². The number of amidine groups is 1. The van der Waals surface area contributed by atoms with E-state index in [-0.39, 0.29) is 0 Å². The molecule has 2 N–H and O–H groups in total. The van der Waals surface area contributed by atoms with Crippen LogP contribution < -0.4 is 5.84 Å². The molecule has 0 unspecified atom stereocenters. The lowest BCUT2D eigenvalue weighted by molar-refractivity contribution is 0.532. The van der Waals surface area contributed by atoms with Crippen molar-refractivity contribution < 1.29 is 0 Å². The fourth-order valence-electron chi connectivity index (χ4n) is 1.10. The number of hydrogen-bond donors (Lipinski definition) is 1. The topological polar surface area (TPSA) is 54.0 Å². The van der Waals surface area contributed by atoms with E-state index in [1.807, 2.05) is 30.3 Å². The molecule has 0 radical (unpaired) electrons. The normalized spacial score (nSPS) is 18.5. The zero-order valence-electron chi connectivity index (χ0n) is 7.09. The molecule has 0 atom stereocenters. The van der Waals surface area contributed by atoms with Crippen LogP contribution in [0.2, 0.25) is 0 Å². The van der Waals surface area contributed by atoms with E-state index in [2.05, 4.69) is 9.98 Å². The molecule has 1 aromatic carbocycles. The predicted octanol–water partition coefficient (Wildman–Crippen LogP) is 0.934. The molecule has 2 rings (SSSR count). The average molecular weight is 174 g/mol. The Morgan fingerprint density at radius 3 is 2.69 bits per heavy atom. The summed E-state index contributed by atoms with van der Waals surface area (Å²) >= 11 is 0. The van der Waals surface area contributed by atoms with Crippen LogP contribution in [0.3, 0.4) is 0 Å². The van der Waals surface area contributed by atoms with Crippen molar-refractivity contribution in [3.63, 3.8) is 0 Å². The molecule has 1 aromatic rings. The van der Waals surface area contributed by atoms with Crippen molar-refractivity contribution in [2.45, 2.75) is 0 Å². The number of aliphatic imine (C=N–C) groups is 2. The van der Waals surface area contributed by atoms with Crippen molar-refractivity contribution >= 4 is 17.9 Å². The maximum absolute atomic E-state index is 5.48. The van der Waals surface area contributed by atoms with Gasteiger partial charge in [-0.15, -0.1) is 0 Å².